The molecule has 1 aliphatic heterocycles. The summed E-state index contributed by atoms with van der Waals surface area (Å²) in [6.45, 7) is 0.974. The van der Waals surface area contributed by atoms with E-state index in [1.807, 2.05) is 0 Å². The fraction of sp³-hybridized carbons (Fsp3) is 0.455. The van der Waals surface area contributed by atoms with Crippen LogP contribution < -0.4 is 10.1 Å². The quantitative estimate of drug-likeness (QED) is 0.845. The Kier molecular flexibility index (Phi) is 4.36. The van der Waals surface area contributed by atoms with E-state index in [1.54, 1.807) is 19.2 Å². The van der Waals surface area contributed by atoms with Crippen LogP contribution in [0.25, 0.3) is 0 Å². The van der Waals surface area contributed by atoms with Gasteiger partial charge in [-0.3, -0.25) is 0 Å². The number of halogens is 2. The molecule has 0 saturated carbocycles. The van der Waals surface area contributed by atoms with Gasteiger partial charge in [-0.15, -0.1) is 12.4 Å². The Balaban J connectivity index is 0.00000112. The first-order valence-corrected chi connectivity index (χ1v) is 4.88. The molecule has 0 spiro atoms. The molecular weight excluding hydrogens is 217 g/mol. The van der Waals surface area contributed by atoms with Crippen LogP contribution in [0.5, 0.6) is 5.75 Å². The van der Waals surface area contributed by atoms with E-state index in [2.05, 4.69) is 5.32 Å². The van der Waals surface area contributed by atoms with Gasteiger partial charge in [-0.05, 0) is 37.6 Å². The Morgan fingerprint density at radius 3 is 2.87 bits per heavy atom. The minimum atomic E-state index is -0.148. The highest BCUT2D eigenvalue weighted by atomic mass is 35.5. The molecule has 0 aliphatic carbocycles. The van der Waals surface area contributed by atoms with Gasteiger partial charge in [0.15, 0.2) is 0 Å². The third-order valence-electron chi connectivity index (χ3n) is 2.64. The van der Waals surface area contributed by atoms with Gasteiger partial charge in [-0.1, -0.05) is 0 Å². The molecule has 1 fully saturated rings. The van der Waals surface area contributed by atoms with Crippen LogP contribution in [0, 0.1) is 5.82 Å². The number of rotatable bonds is 2. The van der Waals surface area contributed by atoms with E-state index < -0.39 is 0 Å². The summed E-state index contributed by atoms with van der Waals surface area (Å²) in [4.78, 5) is 0. The third-order valence-corrected chi connectivity index (χ3v) is 2.64. The minimum absolute atomic E-state index is 0. The van der Waals surface area contributed by atoms with Crippen LogP contribution in [0.1, 0.15) is 24.4 Å². The molecule has 0 aromatic heterocycles. The lowest BCUT2D eigenvalue weighted by atomic mass is 10.0. The molecule has 0 unspecified atom stereocenters. The number of hydrogen-bond donors (Lipinski definition) is 1. The number of methoxy groups -OCH3 is 1. The van der Waals surface area contributed by atoms with Crippen molar-refractivity contribution in [2.24, 2.45) is 0 Å². The summed E-state index contributed by atoms with van der Waals surface area (Å²) in [5.41, 5.74) is 0.724. The molecule has 1 saturated heterocycles. The first-order chi connectivity index (χ1) is 6.81. The van der Waals surface area contributed by atoms with Gasteiger partial charge in [-0.25, -0.2) is 4.39 Å². The Hall–Kier alpha value is -0.800. The molecule has 1 N–H and O–H groups in total. The van der Waals surface area contributed by atoms with Crippen LogP contribution in [0.3, 0.4) is 0 Å². The molecule has 2 nitrogen and oxygen atoms in total. The molecule has 0 radical (unpaired) electrons. The molecule has 4 heteroatoms. The predicted octanol–water partition coefficient (Wildman–Crippen LogP) is 2.68. The maximum absolute atomic E-state index is 13.5. The smallest absolute Gasteiger partial charge is 0.128 e. The van der Waals surface area contributed by atoms with Gasteiger partial charge in [0, 0.05) is 11.6 Å². The average Bonchev–Trinajstić information content (AvgIpc) is 2.71. The van der Waals surface area contributed by atoms with Crippen molar-refractivity contribution in [3.63, 3.8) is 0 Å². The summed E-state index contributed by atoms with van der Waals surface area (Å²) in [7, 11) is 1.60. The monoisotopic (exact) mass is 231 g/mol. The molecular formula is C11H15ClFNO. The molecule has 1 atom stereocenters. The third kappa shape index (κ3) is 2.61. The van der Waals surface area contributed by atoms with Gasteiger partial charge in [0.1, 0.15) is 11.6 Å². The highest BCUT2D eigenvalue weighted by Crippen LogP contribution is 2.28. The second-order valence-corrected chi connectivity index (χ2v) is 3.54. The molecule has 1 aliphatic rings. The maximum atomic E-state index is 13.5. The van der Waals surface area contributed by atoms with Crippen LogP contribution >= 0.6 is 12.4 Å². The molecule has 1 aromatic carbocycles. The zero-order chi connectivity index (χ0) is 9.97. The first kappa shape index (κ1) is 12.3. The van der Waals surface area contributed by atoms with Gasteiger partial charge in [0.25, 0.3) is 0 Å². The molecule has 84 valence electrons. The average molecular weight is 232 g/mol. The fourth-order valence-corrected chi connectivity index (χ4v) is 1.87. The topological polar surface area (TPSA) is 21.3 Å². The van der Waals surface area contributed by atoms with Gasteiger partial charge in [0.2, 0.25) is 0 Å². The standard InChI is InChI=1S/C11H14FNO.ClH/c1-14-8-4-5-10(12)9(7-8)11-3-2-6-13-11;/h4-5,7,11,13H,2-3,6H2,1H3;1H/t11-;/m0./s1. The predicted molar refractivity (Wildman–Crippen MR) is 60.2 cm³/mol. The SMILES string of the molecule is COc1ccc(F)c([C@@H]2CCCN2)c1.Cl. The van der Waals surface area contributed by atoms with Crippen LogP contribution in [-0.2, 0) is 0 Å². The molecule has 1 aromatic rings. The molecule has 15 heavy (non-hydrogen) atoms. The lowest BCUT2D eigenvalue weighted by molar-refractivity contribution is 0.411. The van der Waals surface area contributed by atoms with Gasteiger partial charge < -0.3 is 10.1 Å². The second-order valence-electron chi connectivity index (χ2n) is 3.54. The number of ether oxygens (including phenoxy) is 1. The Bertz CT molecular complexity index is 326. The van der Waals surface area contributed by atoms with E-state index in [0.717, 1.165) is 30.7 Å². The minimum Gasteiger partial charge on any atom is -0.497 e. The van der Waals surface area contributed by atoms with Crippen LogP contribution in [0.2, 0.25) is 0 Å². The van der Waals surface area contributed by atoms with Crippen LogP contribution in [0.4, 0.5) is 4.39 Å². The van der Waals surface area contributed by atoms with Crippen molar-refractivity contribution < 1.29 is 9.13 Å². The summed E-state index contributed by atoms with van der Waals surface area (Å²) >= 11 is 0. The molecule has 0 amide bonds. The van der Waals surface area contributed by atoms with Gasteiger partial charge >= 0.3 is 0 Å². The molecule has 0 bridgehead atoms. The van der Waals surface area contributed by atoms with E-state index in [0.29, 0.717) is 0 Å². The molecule has 1 heterocycles. The zero-order valence-electron chi connectivity index (χ0n) is 8.63. The Labute approximate surface area is 95.2 Å². The van der Waals surface area contributed by atoms with Gasteiger partial charge in [0.05, 0.1) is 7.11 Å². The number of nitrogens with one attached hydrogen (secondary N) is 1. The zero-order valence-corrected chi connectivity index (χ0v) is 9.44. The van der Waals surface area contributed by atoms with Crippen molar-refractivity contribution in [3.05, 3.63) is 29.6 Å². The van der Waals surface area contributed by atoms with E-state index in [9.17, 15) is 4.39 Å². The fourth-order valence-electron chi connectivity index (χ4n) is 1.87. The number of hydrogen-bond acceptors (Lipinski definition) is 2. The first-order valence-electron chi connectivity index (χ1n) is 4.88. The summed E-state index contributed by atoms with van der Waals surface area (Å²) in [6, 6.07) is 5.05. The second kappa shape index (κ2) is 5.33. The lowest BCUT2D eigenvalue weighted by Gasteiger charge is -2.12. The van der Waals surface area contributed by atoms with E-state index in [4.69, 9.17) is 4.74 Å². The van der Waals surface area contributed by atoms with Crippen molar-refractivity contribution in [1.82, 2.24) is 5.32 Å². The van der Waals surface area contributed by atoms with E-state index in [-0.39, 0.29) is 24.3 Å². The summed E-state index contributed by atoms with van der Waals surface area (Å²) in [5.74, 6) is 0.570. The van der Waals surface area contributed by atoms with Crippen molar-refractivity contribution >= 4 is 12.4 Å². The molecule has 2 rings (SSSR count). The Morgan fingerprint density at radius 2 is 2.27 bits per heavy atom. The number of benzene rings is 1. The summed E-state index contributed by atoms with van der Waals surface area (Å²) < 4.78 is 18.5. The maximum Gasteiger partial charge on any atom is 0.128 e. The Morgan fingerprint density at radius 1 is 1.47 bits per heavy atom. The van der Waals surface area contributed by atoms with Crippen molar-refractivity contribution in [2.75, 3.05) is 13.7 Å². The van der Waals surface area contributed by atoms with Gasteiger partial charge in [-0.2, -0.15) is 0 Å². The highest BCUT2D eigenvalue weighted by Gasteiger charge is 2.19. The lowest BCUT2D eigenvalue weighted by Crippen LogP contribution is -2.14. The van der Waals surface area contributed by atoms with Crippen molar-refractivity contribution in [2.45, 2.75) is 18.9 Å². The van der Waals surface area contributed by atoms with Crippen LogP contribution in [0.15, 0.2) is 18.2 Å². The summed E-state index contributed by atoms with van der Waals surface area (Å²) in [6.07, 6.45) is 2.12. The van der Waals surface area contributed by atoms with Crippen molar-refractivity contribution in [3.8, 4) is 5.75 Å². The van der Waals surface area contributed by atoms with E-state index >= 15 is 0 Å². The van der Waals surface area contributed by atoms with Crippen molar-refractivity contribution in [1.29, 1.82) is 0 Å². The van der Waals surface area contributed by atoms with Crippen LogP contribution in [-0.4, -0.2) is 13.7 Å². The summed E-state index contributed by atoms with van der Waals surface area (Å²) in [5, 5.41) is 3.27. The normalized spacial score (nSPS) is 19.7. The van der Waals surface area contributed by atoms with E-state index in [1.165, 1.54) is 6.07 Å². The largest absolute Gasteiger partial charge is 0.497 e. The highest BCUT2D eigenvalue weighted by molar-refractivity contribution is 5.85.